The molecule has 0 rings (SSSR count). The van der Waals surface area contributed by atoms with Gasteiger partial charge in [-0.05, 0) is 53.1 Å². The first-order chi connectivity index (χ1) is 8.22. The zero-order valence-corrected chi connectivity index (χ0v) is 12.2. The Morgan fingerprint density at radius 1 is 0.882 bits per heavy atom. The molecular formula is C14H31NO2. The number of nitrogens with zero attached hydrogens (tertiary/aromatic N) is 1. The lowest BCUT2D eigenvalue weighted by molar-refractivity contribution is 0.0510. The average molecular weight is 245 g/mol. The van der Waals surface area contributed by atoms with Gasteiger partial charge >= 0.3 is 0 Å². The van der Waals surface area contributed by atoms with E-state index in [9.17, 15) is 0 Å². The molecule has 104 valence electrons. The Labute approximate surface area is 107 Å². The summed E-state index contributed by atoms with van der Waals surface area (Å²) in [6, 6.07) is 0.669. The van der Waals surface area contributed by atoms with E-state index < -0.39 is 0 Å². The van der Waals surface area contributed by atoms with Crippen LogP contribution in [0.15, 0.2) is 0 Å². The Kier molecular flexibility index (Phi) is 12.3. The SMILES string of the molecule is CCOCCOCCCCCN(CC)C(C)C. The van der Waals surface area contributed by atoms with Crippen LogP contribution in [0.4, 0.5) is 0 Å². The molecule has 17 heavy (non-hydrogen) atoms. The van der Waals surface area contributed by atoms with Crippen molar-refractivity contribution < 1.29 is 9.47 Å². The van der Waals surface area contributed by atoms with E-state index in [0.29, 0.717) is 6.04 Å². The van der Waals surface area contributed by atoms with Gasteiger partial charge in [0.25, 0.3) is 0 Å². The van der Waals surface area contributed by atoms with Crippen molar-refractivity contribution in [3.63, 3.8) is 0 Å². The van der Waals surface area contributed by atoms with Gasteiger partial charge in [0.05, 0.1) is 13.2 Å². The lowest BCUT2D eigenvalue weighted by Gasteiger charge is -2.24. The molecule has 0 aromatic carbocycles. The Balaban J connectivity index is 3.17. The molecule has 0 unspecified atom stereocenters. The lowest BCUT2D eigenvalue weighted by Crippen LogP contribution is -2.31. The van der Waals surface area contributed by atoms with Crippen LogP contribution in [0, 0.1) is 0 Å². The predicted octanol–water partition coefficient (Wildman–Crippen LogP) is 2.94. The van der Waals surface area contributed by atoms with Gasteiger partial charge in [-0.2, -0.15) is 0 Å². The highest BCUT2D eigenvalue weighted by Gasteiger charge is 2.05. The van der Waals surface area contributed by atoms with Crippen LogP contribution >= 0.6 is 0 Å². The van der Waals surface area contributed by atoms with Crippen molar-refractivity contribution in [3.05, 3.63) is 0 Å². The van der Waals surface area contributed by atoms with Gasteiger partial charge in [-0.15, -0.1) is 0 Å². The summed E-state index contributed by atoms with van der Waals surface area (Å²) in [6.45, 7) is 14.3. The second-order valence-electron chi connectivity index (χ2n) is 4.59. The van der Waals surface area contributed by atoms with E-state index in [4.69, 9.17) is 9.47 Å². The molecule has 3 heteroatoms. The fraction of sp³-hybridized carbons (Fsp3) is 1.00. The van der Waals surface area contributed by atoms with Gasteiger partial charge in [-0.3, -0.25) is 0 Å². The predicted molar refractivity (Wildman–Crippen MR) is 73.5 cm³/mol. The number of hydrogen-bond acceptors (Lipinski definition) is 3. The highest BCUT2D eigenvalue weighted by Crippen LogP contribution is 2.03. The van der Waals surface area contributed by atoms with Crippen molar-refractivity contribution in [3.8, 4) is 0 Å². The van der Waals surface area contributed by atoms with E-state index >= 15 is 0 Å². The lowest BCUT2D eigenvalue weighted by atomic mass is 10.2. The van der Waals surface area contributed by atoms with Crippen LogP contribution in [0.3, 0.4) is 0 Å². The molecule has 0 atom stereocenters. The maximum absolute atomic E-state index is 5.48. The molecule has 0 aromatic heterocycles. The monoisotopic (exact) mass is 245 g/mol. The van der Waals surface area contributed by atoms with Crippen molar-refractivity contribution in [2.45, 2.75) is 53.0 Å². The van der Waals surface area contributed by atoms with Gasteiger partial charge in [0.15, 0.2) is 0 Å². The maximum Gasteiger partial charge on any atom is 0.0700 e. The first-order valence-electron chi connectivity index (χ1n) is 7.11. The average Bonchev–Trinajstić information content (AvgIpc) is 2.31. The minimum Gasteiger partial charge on any atom is -0.379 e. The molecule has 0 saturated carbocycles. The quantitative estimate of drug-likeness (QED) is 0.493. The standard InChI is InChI=1S/C14H31NO2/c1-5-15(14(3)4)10-8-7-9-11-17-13-12-16-6-2/h14H,5-13H2,1-4H3. The second kappa shape index (κ2) is 12.3. The topological polar surface area (TPSA) is 21.7 Å². The summed E-state index contributed by atoms with van der Waals surface area (Å²) in [5.41, 5.74) is 0. The van der Waals surface area contributed by atoms with E-state index in [1.165, 1.54) is 25.8 Å². The zero-order valence-electron chi connectivity index (χ0n) is 12.2. The highest BCUT2D eigenvalue weighted by atomic mass is 16.5. The molecule has 0 aromatic rings. The summed E-state index contributed by atoms with van der Waals surface area (Å²) >= 11 is 0. The molecule has 0 spiro atoms. The van der Waals surface area contributed by atoms with Gasteiger partial charge in [0.1, 0.15) is 0 Å². The van der Waals surface area contributed by atoms with E-state index in [1.807, 2.05) is 6.92 Å². The Bertz CT molecular complexity index is 151. The molecule has 0 fully saturated rings. The third-order valence-corrected chi connectivity index (χ3v) is 2.95. The molecule has 0 amide bonds. The Morgan fingerprint density at radius 3 is 2.18 bits per heavy atom. The molecule has 3 nitrogen and oxygen atoms in total. The summed E-state index contributed by atoms with van der Waals surface area (Å²) in [5, 5.41) is 0. The maximum atomic E-state index is 5.48. The van der Waals surface area contributed by atoms with Crippen LogP contribution in [0.2, 0.25) is 0 Å². The van der Waals surface area contributed by atoms with Crippen LogP contribution in [-0.2, 0) is 9.47 Å². The summed E-state index contributed by atoms with van der Waals surface area (Å²) in [6.07, 6.45) is 3.71. The smallest absolute Gasteiger partial charge is 0.0700 e. The molecule has 0 saturated heterocycles. The van der Waals surface area contributed by atoms with Crippen LogP contribution in [0.5, 0.6) is 0 Å². The number of unbranched alkanes of at least 4 members (excludes halogenated alkanes) is 2. The van der Waals surface area contributed by atoms with Crippen molar-refractivity contribution >= 4 is 0 Å². The minimum atomic E-state index is 0.669. The molecular weight excluding hydrogens is 214 g/mol. The van der Waals surface area contributed by atoms with Gasteiger partial charge < -0.3 is 14.4 Å². The van der Waals surface area contributed by atoms with Crippen LogP contribution in [0.1, 0.15) is 47.0 Å². The van der Waals surface area contributed by atoms with Crippen LogP contribution < -0.4 is 0 Å². The normalized spacial score (nSPS) is 11.6. The van der Waals surface area contributed by atoms with Crippen molar-refractivity contribution in [2.24, 2.45) is 0 Å². The summed E-state index contributed by atoms with van der Waals surface area (Å²) in [5.74, 6) is 0. The zero-order chi connectivity index (χ0) is 12.9. The molecule has 0 bridgehead atoms. The Morgan fingerprint density at radius 2 is 1.59 bits per heavy atom. The van der Waals surface area contributed by atoms with E-state index in [-0.39, 0.29) is 0 Å². The van der Waals surface area contributed by atoms with Crippen LogP contribution in [-0.4, -0.2) is 50.5 Å². The first kappa shape index (κ1) is 16.9. The molecule has 0 aliphatic rings. The molecule has 0 radical (unpaired) electrons. The summed E-state index contributed by atoms with van der Waals surface area (Å²) < 4.78 is 10.7. The Hall–Kier alpha value is -0.120. The largest absolute Gasteiger partial charge is 0.379 e. The van der Waals surface area contributed by atoms with E-state index in [0.717, 1.165) is 33.0 Å². The van der Waals surface area contributed by atoms with E-state index in [2.05, 4.69) is 25.7 Å². The molecule has 0 N–H and O–H groups in total. The summed E-state index contributed by atoms with van der Waals surface area (Å²) in [4.78, 5) is 2.51. The van der Waals surface area contributed by atoms with Gasteiger partial charge in [-0.1, -0.05) is 6.92 Å². The fourth-order valence-corrected chi connectivity index (χ4v) is 1.84. The first-order valence-corrected chi connectivity index (χ1v) is 7.11. The van der Waals surface area contributed by atoms with E-state index in [1.54, 1.807) is 0 Å². The third-order valence-electron chi connectivity index (χ3n) is 2.95. The molecule has 0 aliphatic carbocycles. The number of rotatable bonds is 12. The fourth-order valence-electron chi connectivity index (χ4n) is 1.84. The van der Waals surface area contributed by atoms with Crippen molar-refractivity contribution in [1.29, 1.82) is 0 Å². The number of ether oxygens (including phenoxy) is 2. The number of hydrogen-bond donors (Lipinski definition) is 0. The van der Waals surface area contributed by atoms with Gasteiger partial charge in [0, 0.05) is 19.3 Å². The second-order valence-corrected chi connectivity index (χ2v) is 4.59. The van der Waals surface area contributed by atoms with Gasteiger partial charge in [-0.25, -0.2) is 0 Å². The highest BCUT2D eigenvalue weighted by molar-refractivity contribution is 4.60. The van der Waals surface area contributed by atoms with Crippen LogP contribution in [0.25, 0.3) is 0 Å². The minimum absolute atomic E-state index is 0.669. The van der Waals surface area contributed by atoms with Crippen molar-refractivity contribution in [1.82, 2.24) is 4.90 Å². The summed E-state index contributed by atoms with van der Waals surface area (Å²) in [7, 11) is 0. The molecule has 0 heterocycles. The van der Waals surface area contributed by atoms with Gasteiger partial charge in [0.2, 0.25) is 0 Å². The van der Waals surface area contributed by atoms with Crippen molar-refractivity contribution in [2.75, 3.05) is 39.5 Å². The third kappa shape index (κ3) is 10.7. The molecule has 0 aliphatic heterocycles.